The fourth-order valence-electron chi connectivity index (χ4n) is 2.73. The fourth-order valence-corrected chi connectivity index (χ4v) is 2.73. The number of phenolic OH excluding ortho intramolecular Hbond substituents is 1. The summed E-state index contributed by atoms with van der Waals surface area (Å²) in [4.78, 5) is 4.65. The van der Waals surface area contributed by atoms with Crippen LogP contribution in [0.4, 0.5) is 0 Å². The number of benzene rings is 3. The summed E-state index contributed by atoms with van der Waals surface area (Å²) in [6.45, 7) is 0. The number of aromatic hydroxyl groups is 1. The Kier molecular flexibility index (Phi) is 2.61. The molecule has 1 aromatic heterocycles. The van der Waals surface area contributed by atoms with E-state index in [0.717, 1.165) is 16.6 Å². The molecule has 4 aromatic rings. The number of phenols is 1. The Morgan fingerprint density at radius 2 is 1.43 bits per heavy atom. The number of aromatic nitrogens is 1. The van der Waals surface area contributed by atoms with Crippen LogP contribution >= 0.6 is 0 Å². The van der Waals surface area contributed by atoms with Gasteiger partial charge in [-0.3, -0.25) is 0 Å². The van der Waals surface area contributed by atoms with Gasteiger partial charge in [0.15, 0.2) is 0 Å². The Morgan fingerprint density at radius 1 is 0.667 bits per heavy atom. The van der Waals surface area contributed by atoms with Crippen molar-refractivity contribution in [1.82, 2.24) is 4.98 Å². The molecular formula is C19H13NO. The molecule has 0 fully saturated rings. The van der Waals surface area contributed by atoms with E-state index in [1.807, 2.05) is 42.5 Å². The highest BCUT2D eigenvalue weighted by atomic mass is 16.3. The van der Waals surface area contributed by atoms with Crippen molar-refractivity contribution in [2.75, 3.05) is 0 Å². The number of nitrogens with zero attached hydrogens (tertiary/aromatic N) is 1. The minimum Gasteiger partial charge on any atom is -0.506 e. The second-order valence-electron chi connectivity index (χ2n) is 5.07. The predicted molar refractivity (Wildman–Crippen MR) is 86.3 cm³/mol. The van der Waals surface area contributed by atoms with Gasteiger partial charge in [0.25, 0.3) is 0 Å². The van der Waals surface area contributed by atoms with Crippen LogP contribution in [0.15, 0.2) is 72.8 Å². The average Bonchev–Trinajstić information content (AvgIpc) is 2.54. The third-order valence-electron chi connectivity index (χ3n) is 3.76. The lowest BCUT2D eigenvalue weighted by Crippen LogP contribution is -1.87. The normalized spacial score (nSPS) is 11.0. The lowest BCUT2D eigenvalue weighted by Gasteiger charge is -2.08. The maximum Gasteiger partial charge on any atom is 0.141 e. The van der Waals surface area contributed by atoms with Crippen LogP contribution in [0.2, 0.25) is 0 Å². The third-order valence-corrected chi connectivity index (χ3v) is 3.76. The van der Waals surface area contributed by atoms with E-state index >= 15 is 0 Å². The van der Waals surface area contributed by atoms with Gasteiger partial charge in [-0.2, -0.15) is 0 Å². The number of rotatable bonds is 1. The minimum absolute atomic E-state index is 0.217. The lowest BCUT2D eigenvalue weighted by atomic mass is 10.0. The molecule has 1 N–H and O–H groups in total. The van der Waals surface area contributed by atoms with E-state index in [0.29, 0.717) is 5.52 Å². The fraction of sp³-hybridized carbons (Fsp3) is 0. The SMILES string of the molecule is Oc1cccc2ccc(-c3cccc4ccccc34)nc12. The molecule has 3 aromatic carbocycles. The van der Waals surface area contributed by atoms with Gasteiger partial charge in [-0.05, 0) is 22.9 Å². The second kappa shape index (κ2) is 4.60. The Bertz CT molecular complexity index is 954. The summed E-state index contributed by atoms with van der Waals surface area (Å²) in [5.41, 5.74) is 2.60. The van der Waals surface area contributed by atoms with E-state index in [1.165, 1.54) is 10.8 Å². The van der Waals surface area contributed by atoms with E-state index < -0.39 is 0 Å². The molecule has 0 aliphatic rings. The zero-order chi connectivity index (χ0) is 14.2. The molecule has 4 rings (SSSR count). The summed E-state index contributed by atoms with van der Waals surface area (Å²) in [5, 5.41) is 13.3. The van der Waals surface area contributed by atoms with Gasteiger partial charge in [-0.25, -0.2) is 4.98 Å². The molecule has 0 radical (unpaired) electrons. The van der Waals surface area contributed by atoms with Crippen molar-refractivity contribution in [2.24, 2.45) is 0 Å². The first-order chi connectivity index (χ1) is 10.3. The molecule has 1 heterocycles. The molecule has 0 bridgehead atoms. The number of para-hydroxylation sites is 1. The van der Waals surface area contributed by atoms with Crippen molar-refractivity contribution in [3.05, 3.63) is 72.8 Å². The summed E-state index contributed by atoms with van der Waals surface area (Å²) in [6.07, 6.45) is 0. The molecule has 0 unspecified atom stereocenters. The Hall–Kier alpha value is -2.87. The van der Waals surface area contributed by atoms with Crippen LogP contribution in [0, 0.1) is 0 Å². The van der Waals surface area contributed by atoms with Crippen LogP contribution in [0.5, 0.6) is 5.75 Å². The minimum atomic E-state index is 0.217. The van der Waals surface area contributed by atoms with Gasteiger partial charge in [-0.15, -0.1) is 0 Å². The molecule has 100 valence electrons. The van der Waals surface area contributed by atoms with Crippen molar-refractivity contribution in [3.8, 4) is 17.0 Å². The van der Waals surface area contributed by atoms with E-state index in [4.69, 9.17) is 0 Å². The highest BCUT2D eigenvalue weighted by Gasteiger charge is 2.07. The van der Waals surface area contributed by atoms with Crippen molar-refractivity contribution in [1.29, 1.82) is 0 Å². The first-order valence-corrected chi connectivity index (χ1v) is 6.90. The molecule has 0 aliphatic heterocycles. The topological polar surface area (TPSA) is 33.1 Å². The highest BCUT2D eigenvalue weighted by Crippen LogP contribution is 2.30. The van der Waals surface area contributed by atoms with Crippen molar-refractivity contribution >= 4 is 21.7 Å². The molecule has 0 saturated heterocycles. The van der Waals surface area contributed by atoms with Gasteiger partial charge in [0.05, 0.1) is 5.69 Å². The van der Waals surface area contributed by atoms with Crippen LogP contribution in [0.25, 0.3) is 32.9 Å². The number of hydrogen-bond acceptors (Lipinski definition) is 2. The maximum atomic E-state index is 9.99. The molecule has 0 aliphatic carbocycles. The summed E-state index contributed by atoms with van der Waals surface area (Å²) in [5.74, 6) is 0.217. The van der Waals surface area contributed by atoms with Crippen LogP contribution in [-0.4, -0.2) is 10.1 Å². The summed E-state index contributed by atoms with van der Waals surface area (Å²) >= 11 is 0. The lowest BCUT2D eigenvalue weighted by molar-refractivity contribution is 0.480. The first-order valence-electron chi connectivity index (χ1n) is 6.90. The molecule has 2 nitrogen and oxygen atoms in total. The molecule has 0 amide bonds. The zero-order valence-corrected chi connectivity index (χ0v) is 11.3. The van der Waals surface area contributed by atoms with Gasteiger partial charge >= 0.3 is 0 Å². The van der Waals surface area contributed by atoms with E-state index in [1.54, 1.807) is 6.07 Å². The standard InChI is InChI=1S/C19H13NO/c21-18-10-4-7-14-11-12-17(20-19(14)18)16-9-3-6-13-5-1-2-8-15(13)16/h1-12,21H. The van der Waals surface area contributed by atoms with Gasteiger partial charge in [-0.1, -0.05) is 60.7 Å². The van der Waals surface area contributed by atoms with E-state index in [9.17, 15) is 5.11 Å². The third kappa shape index (κ3) is 1.93. The van der Waals surface area contributed by atoms with Gasteiger partial charge < -0.3 is 5.11 Å². The number of pyridine rings is 1. The van der Waals surface area contributed by atoms with Crippen LogP contribution in [0.1, 0.15) is 0 Å². The molecule has 0 spiro atoms. The number of fused-ring (bicyclic) bond motifs is 2. The highest BCUT2D eigenvalue weighted by molar-refractivity contribution is 5.97. The molecule has 0 atom stereocenters. The van der Waals surface area contributed by atoms with Crippen molar-refractivity contribution in [2.45, 2.75) is 0 Å². The quantitative estimate of drug-likeness (QED) is 0.541. The largest absolute Gasteiger partial charge is 0.506 e. The van der Waals surface area contributed by atoms with Crippen LogP contribution < -0.4 is 0 Å². The van der Waals surface area contributed by atoms with E-state index in [-0.39, 0.29) is 5.75 Å². The number of hydrogen-bond donors (Lipinski definition) is 1. The maximum absolute atomic E-state index is 9.99. The van der Waals surface area contributed by atoms with Crippen LogP contribution in [0.3, 0.4) is 0 Å². The zero-order valence-electron chi connectivity index (χ0n) is 11.3. The Labute approximate surface area is 122 Å². The van der Waals surface area contributed by atoms with Crippen molar-refractivity contribution < 1.29 is 5.11 Å². The monoisotopic (exact) mass is 271 g/mol. The molecular weight excluding hydrogens is 258 g/mol. The average molecular weight is 271 g/mol. The smallest absolute Gasteiger partial charge is 0.141 e. The first kappa shape index (κ1) is 11.9. The molecule has 2 heteroatoms. The van der Waals surface area contributed by atoms with E-state index in [2.05, 4.69) is 29.2 Å². The summed E-state index contributed by atoms with van der Waals surface area (Å²) < 4.78 is 0. The van der Waals surface area contributed by atoms with Crippen molar-refractivity contribution in [3.63, 3.8) is 0 Å². The van der Waals surface area contributed by atoms with Gasteiger partial charge in [0, 0.05) is 10.9 Å². The van der Waals surface area contributed by atoms with Crippen LogP contribution in [-0.2, 0) is 0 Å². The summed E-state index contributed by atoms with van der Waals surface area (Å²) in [7, 11) is 0. The predicted octanol–water partition coefficient (Wildman–Crippen LogP) is 4.76. The molecule has 21 heavy (non-hydrogen) atoms. The summed E-state index contributed by atoms with van der Waals surface area (Å²) in [6, 6.07) is 23.9. The van der Waals surface area contributed by atoms with Gasteiger partial charge in [0.2, 0.25) is 0 Å². The second-order valence-corrected chi connectivity index (χ2v) is 5.07. The Morgan fingerprint density at radius 3 is 2.38 bits per heavy atom. The van der Waals surface area contributed by atoms with Gasteiger partial charge in [0.1, 0.15) is 11.3 Å². The Balaban J connectivity index is 2.02. The molecule has 0 saturated carbocycles.